The summed E-state index contributed by atoms with van der Waals surface area (Å²) in [7, 11) is 0. The second-order valence-corrected chi connectivity index (χ2v) is 8.30. The topological polar surface area (TPSA) is 62.5 Å². The van der Waals surface area contributed by atoms with E-state index in [0.717, 1.165) is 49.0 Å². The fourth-order valence-corrected chi connectivity index (χ4v) is 4.55. The zero-order valence-corrected chi connectivity index (χ0v) is 15.0. The van der Waals surface area contributed by atoms with Crippen molar-refractivity contribution in [2.24, 2.45) is 11.1 Å². The van der Waals surface area contributed by atoms with Gasteiger partial charge in [0.15, 0.2) is 5.78 Å². The minimum absolute atomic E-state index is 0.0437. The fraction of sp³-hybridized carbons (Fsp3) is 0.524. The molecular weight excluding hydrogens is 324 g/mol. The molecule has 134 valence electrons. The molecule has 1 aromatic rings. The van der Waals surface area contributed by atoms with Gasteiger partial charge in [-0.3, -0.25) is 4.79 Å². The summed E-state index contributed by atoms with van der Waals surface area (Å²) in [6.07, 6.45) is 11.2. The van der Waals surface area contributed by atoms with Crippen LogP contribution in [0.4, 0.5) is 5.82 Å². The average molecular weight is 348 g/mol. The number of ketones is 1. The number of piperidine rings is 1. The van der Waals surface area contributed by atoms with Crippen molar-refractivity contribution in [2.75, 3.05) is 31.1 Å². The highest BCUT2D eigenvalue weighted by atomic mass is 16.1. The van der Waals surface area contributed by atoms with Gasteiger partial charge in [-0.15, -0.1) is 6.42 Å². The molecule has 5 heteroatoms. The average Bonchev–Trinajstić information content (AvgIpc) is 3.37. The molecule has 1 saturated carbocycles. The number of nitrogens with zero attached hydrogens (tertiary/aromatic N) is 3. The summed E-state index contributed by atoms with van der Waals surface area (Å²) in [6, 6.07) is 4.27. The molecule has 2 N–H and O–H groups in total. The summed E-state index contributed by atoms with van der Waals surface area (Å²) in [5, 5.41) is 0. The van der Waals surface area contributed by atoms with E-state index in [2.05, 4.69) is 15.7 Å². The smallest absolute Gasteiger partial charge is 0.177 e. The maximum Gasteiger partial charge on any atom is 0.177 e. The van der Waals surface area contributed by atoms with Gasteiger partial charge < -0.3 is 15.5 Å². The lowest BCUT2D eigenvalue weighted by molar-refractivity contribution is -0.114. The zero-order chi connectivity index (χ0) is 17.9. The number of terminal acetylenes is 1. The number of likely N-dealkylation sites (tertiary alicyclic amines) is 1. The number of carbonyl (C=O) groups is 1. The van der Waals surface area contributed by atoms with E-state index in [4.69, 9.17) is 17.1 Å². The standard InChI is InChI=1S/C21H24N4O/c1-2-16-17(26)11-14-3-4-18(25-12-15(22)13-25)23-19(14)20(16)24-9-7-21(5-6-21)8-10-24/h1,3-4,15H,5-13,22H2. The third kappa shape index (κ3) is 2.44. The second kappa shape index (κ2) is 5.59. The van der Waals surface area contributed by atoms with Crippen LogP contribution in [0.15, 0.2) is 17.7 Å². The van der Waals surface area contributed by atoms with Gasteiger partial charge in [0, 0.05) is 38.6 Å². The molecule has 0 radical (unpaired) electrons. The number of allylic oxidation sites excluding steroid dienone is 1. The van der Waals surface area contributed by atoms with Crippen molar-refractivity contribution in [3.05, 3.63) is 29.0 Å². The molecule has 2 saturated heterocycles. The van der Waals surface area contributed by atoms with E-state index in [0.29, 0.717) is 17.4 Å². The SMILES string of the molecule is C#CC1=C(N2CCC3(CC2)CC3)c2nc(N3CC(N)C3)ccc2CC1=O. The number of nitrogens with two attached hydrogens (primary N) is 1. The van der Waals surface area contributed by atoms with E-state index in [-0.39, 0.29) is 11.8 Å². The third-order valence-corrected chi connectivity index (χ3v) is 6.53. The first kappa shape index (κ1) is 15.9. The van der Waals surface area contributed by atoms with Crippen molar-refractivity contribution in [1.82, 2.24) is 9.88 Å². The summed E-state index contributed by atoms with van der Waals surface area (Å²) in [6.45, 7) is 3.59. The van der Waals surface area contributed by atoms with Gasteiger partial charge in [-0.05, 0) is 42.7 Å². The molecule has 0 unspecified atom stereocenters. The highest BCUT2D eigenvalue weighted by Gasteiger charge is 2.45. The molecule has 5 nitrogen and oxygen atoms in total. The first-order valence-electron chi connectivity index (χ1n) is 9.58. The Morgan fingerprint density at radius 1 is 1.15 bits per heavy atom. The zero-order valence-electron chi connectivity index (χ0n) is 15.0. The number of carbonyl (C=O) groups excluding carboxylic acids is 1. The van der Waals surface area contributed by atoms with Gasteiger partial charge in [0.2, 0.25) is 0 Å². The Labute approximate surface area is 154 Å². The first-order chi connectivity index (χ1) is 12.6. The van der Waals surface area contributed by atoms with E-state index in [1.165, 1.54) is 25.7 Å². The van der Waals surface area contributed by atoms with Crippen LogP contribution >= 0.6 is 0 Å². The van der Waals surface area contributed by atoms with E-state index in [1.54, 1.807) is 0 Å². The number of hydrogen-bond acceptors (Lipinski definition) is 5. The van der Waals surface area contributed by atoms with Crippen molar-refractivity contribution >= 4 is 17.3 Å². The van der Waals surface area contributed by atoms with E-state index < -0.39 is 0 Å². The van der Waals surface area contributed by atoms with Gasteiger partial charge in [-0.2, -0.15) is 0 Å². The summed E-state index contributed by atoms with van der Waals surface area (Å²) in [5.41, 5.74) is 9.80. The maximum atomic E-state index is 12.6. The molecule has 0 aromatic carbocycles. The number of hydrogen-bond donors (Lipinski definition) is 1. The fourth-order valence-electron chi connectivity index (χ4n) is 4.55. The Balaban J connectivity index is 1.53. The molecule has 26 heavy (non-hydrogen) atoms. The lowest BCUT2D eigenvalue weighted by atomic mass is 9.88. The van der Waals surface area contributed by atoms with Gasteiger partial charge in [0.05, 0.1) is 17.0 Å². The second-order valence-electron chi connectivity index (χ2n) is 8.30. The maximum absolute atomic E-state index is 12.6. The predicted molar refractivity (Wildman–Crippen MR) is 101 cm³/mol. The Bertz CT molecular complexity index is 845. The molecule has 1 spiro atoms. The van der Waals surface area contributed by atoms with Crippen molar-refractivity contribution in [1.29, 1.82) is 0 Å². The molecule has 5 rings (SSSR count). The van der Waals surface area contributed by atoms with Crippen LogP contribution in [-0.4, -0.2) is 47.9 Å². The first-order valence-corrected chi connectivity index (χ1v) is 9.58. The molecular formula is C21H24N4O. The number of rotatable bonds is 2. The molecule has 3 heterocycles. The van der Waals surface area contributed by atoms with Crippen molar-refractivity contribution in [3.8, 4) is 12.3 Å². The van der Waals surface area contributed by atoms with Gasteiger partial charge in [-0.1, -0.05) is 12.0 Å². The molecule has 4 aliphatic rings. The van der Waals surface area contributed by atoms with Crippen LogP contribution in [0.5, 0.6) is 0 Å². The summed E-state index contributed by atoms with van der Waals surface area (Å²) < 4.78 is 0. The van der Waals surface area contributed by atoms with Crippen LogP contribution in [0.2, 0.25) is 0 Å². The summed E-state index contributed by atoms with van der Waals surface area (Å²) in [5.74, 6) is 3.66. The molecule has 0 bridgehead atoms. The Kier molecular flexibility index (Phi) is 3.42. The van der Waals surface area contributed by atoms with E-state index in [1.807, 2.05) is 12.1 Å². The predicted octanol–water partition coefficient (Wildman–Crippen LogP) is 1.57. The van der Waals surface area contributed by atoms with Crippen molar-refractivity contribution < 1.29 is 4.79 Å². The highest BCUT2D eigenvalue weighted by Crippen LogP contribution is 2.54. The number of fused-ring (bicyclic) bond motifs is 1. The Morgan fingerprint density at radius 3 is 2.50 bits per heavy atom. The van der Waals surface area contributed by atoms with Crippen LogP contribution in [-0.2, 0) is 11.2 Å². The molecule has 3 fully saturated rings. The minimum atomic E-state index is 0.0437. The lowest BCUT2D eigenvalue weighted by Crippen LogP contribution is -2.56. The van der Waals surface area contributed by atoms with Crippen LogP contribution < -0.4 is 10.6 Å². The number of aromatic nitrogens is 1. The quantitative estimate of drug-likeness (QED) is 0.822. The normalized spacial score (nSPS) is 24.4. The number of Topliss-reactive ketones (excluding diaryl/α,β-unsaturated/α-hetero) is 1. The molecule has 0 atom stereocenters. The summed E-state index contributed by atoms with van der Waals surface area (Å²) in [4.78, 5) is 22.1. The van der Waals surface area contributed by atoms with Gasteiger partial charge in [0.1, 0.15) is 5.82 Å². The van der Waals surface area contributed by atoms with Crippen molar-refractivity contribution in [3.63, 3.8) is 0 Å². The third-order valence-electron chi connectivity index (χ3n) is 6.53. The highest BCUT2D eigenvalue weighted by molar-refractivity contribution is 6.09. The van der Waals surface area contributed by atoms with Gasteiger partial charge in [0.25, 0.3) is 0 Å². The van der Waals surface area contributed by atoms with Crippen molar-refractivity contribution in [2.45, 2.75) is 38.1 Å². The monoisotopic (exact) mass is 348 g/mol. The van der Waals surface area contributed by atoms with Crippen LogP contribution in [0.25, 0.3) is 5.70 Å². The number of pyridine rings is 1. The lowest BCUT2D eigenvalue weighted by Gasteiger charge is -2.40. The Hall–Kier alpha value is -2.32. The number of anilines is 1. The van der Waals surface area contributed by atoms with Gasteiger partial charge >= 0.3 is 0 Å². The Morgan fingerprint density at radius 2 is 1.88 bits per heavy atom. The van der Waals surface area contributed by atoms with Crippen LogP contribution in [0.1, 0.15) is 36.9 Å². The summed E-state index contributed by atoms with van der Waals surface area (Å²) >= 11 is 0. The molecule has 0 amide bonds. The molecule has 2 aliphatic heterocycles. The van der Waals surface area contributed by atoms with E-state index in [9.17, 15) is 4.79 Å². The van der Waals surface area contributed by atoms with Crippen LogP contribution in [0.3, 0.4) is 0 Å². The van der Waals surface area contributed by atoms with Gasteiger partial charge in [-0.25, -0.2) is 4.98 Å². The van der Waals surface area contributed by atoms with E-state index >= 15 is 0 Å². The minimum Gasteiger partial charge on any atom is -0.369 e. The van der Waals surface area contributed by atoms with Crippen LogP contribution in [0, 0.1) is 17.8 Å². The molecule has 2 aliphatic carbocycles. The largest absolute Gasteiger partial charge is 0.369 e. The molecule has 1 aromatic heterocycles.